The van der Waals surface area contributed by atoms with Crippen molar-refractivity contribution in [2.45, 2.75) is 0 Å². The van der Waals surface area contributed by atoms with Crippen LogP contribution >= 0.6 is 0 Å². The first-order valence-electron chi connectivity index (χ1n) is 4.76. The first-order valence-corrected chi connectivity index (χ1v) is 4.76. The van der Waals surface area contributed by atoms with Gasteiger partial charge in [0, 0.05) is 5.56 Å². The van der Waals surface area contributed by atoms with Crippen molar-refractivity contribution in [3.8, 4) is 0 Å². The summed E-state index contributed by atoms with van der Waals surface area (Å²) in [4.78, 5) is 21.7. The highest BCUT2D eigenvalue weighted by Crippen LogP contribution is 2.11. The van der Waals surface area contributed by atoms with Gasteiger partial charge in [0.15, 0.2) is 0 Å². The predicted octanol–water partition coefficient (Wildman–Crippen LogP) is 0.233. The number of carbonyl (C=O) groups excluding carboxylic acids is 2. The Balaban J connectivity index is 2.47. The lowest BCUT2D eigenvalue weighted by molar-refractivity contribution is 0.0936. The van der Waals surface area contributed by atoms with Gasteiger partial charge in [0.05, 0.1) is 12.2 Å². The number of halogens is 1. The smallest absolute Gasteiger partial charge is 0.404 e. The average molecular weight is 241 g/mol. The van der Waals surface area contributed by atoms with Gasteiger partial charge in [0.2, 0.25) is 0 Å². The summed E-state index contributed by atoms with van der Waals surface area (Å²) in [6.45, 7) is 0.0479. The summed E-state index contributed by atoms with van der Waals surface area (Å²) in [6, 6.07) is 3.71. The molecule has 7 heteroatoms. The number of primary amides is 1. The standard InChI is InChI=1S/C10H12FN3O3/c11-7-5-6(1-2-8(7)12)9(15)14-3-4-17-10(13)16/h1-2,5H,3-4,12H2,(H2,13,16)(H,14,15). The molecule has 0 aromatic heterocycles. The quantitative estimate of drug-likeness (QED) is 0.518. The average Bonchev–Trinajstić information content (AvgIpc) is 2.27. The SMILES string of the molecule is NC(=O)OCCNC(=O)c1ccc(N)c(F)c1. The van der Waals surface area contributed by atoms with E-state index in [4.69, 9.17) is 11.5 Å². The third-order valence-electron chi connectivity index (χ3n) is 1.89. The van der Waals surface area contributed by atoms with E-state index in [2.05, 4.69) is 10.1 Å². The second-order valence-corrected chi connectivity index (χ2v) is 3.16. The summed E-state index contributed by atoms with van der Waals surface area (Å²) >= 11 is 0. The van der Waals surface area contributed by atoms with E-state index in [0.717, 1.165) is 6.07 Å². The van der Waals surface area contributed by atoms with Crippen LogP contribution in [0.3, 0.4) is 0 Å². The molecule has 92 valence electrons. The van der Waals surface area contributed by atoms with E-state index in [0.29, 0.717) is 0 Å². The van der Waals surface area contributed by atoms with Gasteiger partial charge in [-0.3, -0.25) is 4.79 Å². The molecule has 0 aliphatic rings. The molecule has 0 fully saturated rings. The Kier molecular flexibility index (Phi) is 4.27. The van der Waals surface area contributed by atoms with Crippen LogP contribution in [0.2, 0.25) is 0 Å². The summed E-state index contributed by atoms with van der Waals surface area (Å²) in [5, 5.41) is 2.42. The molecule has 1 rings (SSSR count). The summed E-state index contributed by atoms with van der Waals surface area (Å²) in [5.74, 6) is -1.15. The first kappa shape index (κ1) is 12.8. The Morgan fingerprint density at radius 1 is 1.41 bits per heavy atom. The first-order chi connectivity index (χ1) is 8.00. The molecule has 0 saturated carbocycles. The van der Waals surface area contributed by atoms with Gasteiger partial charge in [-0.1, -0.05) is 0 Å². The zero-order valence-electron chi connectivity index (χ0n) is 8.90. The van der Waals surface area contributed by atoms with E-state index in [9.17, 15) is 14.0 Å². The largest absolute Gasteiger partial charge is 0.448 e. The fraction of sp³-hybridized carbons (Fsp3) is 0.200. The highest BCUT2D eigenvalue weighted by Gasteiger charge is 2.07. The van der Waals surface area contributed by atoms with Crippen LogP contribution in [0, 0.1) is 5.82 Å². The fourth-order valence-corrected chi connectivity index (χ4v) is 1.09. The van der Waals surface area contributed by atoms with Crippen molar-refractivity contribution in [2.75, 3.05) is 18.9 Å². The predicted molar refractivity (Wildman–Crippen MR) is 58.7 cm³/mol. The molecule has 1 aromatic carbocycles. The molecule has 0 radical (unpaired) electrons. The lowest BCUT2D eigenvalue weighted by atomic mass is 10.2. The van der Waals surface area contributed by atoms with Crippen LogP contribution in [0.1, 0.15) is 10.4 Å². The van der Waals surface area contributed by atoms with Gasteiger partial charge in [-0.15, -0.1) is 0 Å². The number of nitrogens with two attached hydrogens (primary N) is 2. The van der Waals surface area contributed by atoms with Crippen LogP contribution in [0.15, 0.2) is 18.2 Å². The Hall–Kier alpha value is -2.31. The van der Waals surface area contributed by atoms with Crippen molar-refractivity contribution in [2.24, 2.45) is 5.73 Å². The van der Waals surface area contributed by atoms with E-state index >= 15 is 0 Å². The molecule has 5 N–H and O–H groups in total. The van der Waals surface area contributed by atoms with Crippen LogP contribution in [0.25, 0.3) is 0 Å². The Morgan fingerprint density at radius 3 is 2.71 bits per heavy atom. The van der Waals surface area contributed by atoms with Crippen LogP contribution < -0.4 is 16.8 Å². The van der Waals surface area contributed by atoms with Gasteiger partial charge < -0.3 is 21.5 Å². The van der Waals surface area contributed by atoms with Gasteiger partial charge in [-0.05, 0) is 18.2 Å². The van der Waals surface area contributed by atoms with E-state index in [1.807, 2.05) is 0 Å². The molecule has 0 unspecified atom stereocenters. The highest BCUT2D eigenvalue weighted by molar-refractivity contribution is 5.94. The van der Waals surface area contributed by atoms with Gasteiger partial charge in [0.25, 0.3) is 5.91 Å². The van der Waals surface area contributed by atoms with Crippen molar-refractivity contribution < 1.29 is 18.7 Å². The van der Waals surface area contributed by atoms with Crippen LogP contribution in [0.5, 0.6) is 0 Å². The van der Waals surface area contributed by atoms with Crippen LogP contribution in [-0.4, -0.2) is 25.2 Å². The minimum absolute atomic E-state index is 0.0291. The van der Waals surface area contributed by atoms with E-state index in [1.165, 1.54) is 12.1 Å². The molecule has 0 spiro atoms. The topological polar surface area (TPSA) is 107 Å². The lowest BCUT2D eigenvalue weighted by Crippen LogP contribution is -2.29. The maximum absolute atomic E-state index is 13.0. The molecule has 6 nitrogen and oxygen atoms in total. The molecule has 0 aliphatic carbocycles. The molecule has 17 heavy (non-hydrogen) atoms. The fourth-order valence-electron chi connectivity index (χ4n) is 1.09. The molecule has 0 bridgehead atoms. The summed E-state index contributed by atoms with van der Waals surface area (Å²) in [6.07, 6.45) is -0.919. The number of hydrogen-bond donors (Lipinski definition) is 3. The molecule has 0 atom stereocenters. The molecule has 1 aromatic rings. The normalized spacial score (nSPS) is 9.71. The van der Waals surface area contributed by atoms with Crippen LogP contribution in [-0.2, 0) is 4.74 Å². The highest BCUT2D eigenvalue weighted by atomic mass is 19.1. The zero-order valence-corrected chi connectivity index (χ0v) is 8.90. The number of hydrogen-bond acceptors (Lipinski definition) is 4. The van der Waals surface area contributed by atoms with Crippen molar-refractivity contribution in [1.82, 2.24) is 5.32 Å². The maximum atomic E-state index is 13.0. The van der Waals surface area contributed by atoms with E-state index < -0.39 is 17.8 Å². The number of nitrogens with one attached hydrogen (secondary N) is 1. The third kappa shape index (κ3) is 3.98. The molecule has 0 heterocycles. The Morgan fingerprint density at radius 2 is 2.12 bits per heavy atom. The number of rotatable bonds is 4. The molecule has 2 amide bonds. The Labute approximate surface area is 96.7 Å². The number of carbonyl (C=O) groups is 2. The molecule has 0 aliphatic heterocycles. The van der Waals surface area contributed by atoms with Gasteiger partial charge in [0.1, 0.15) is 12.4 Å². The second-order valence-electron chi connectivity index (χ2n) is 3.16. The molecular weight excluding hydrogens is 229 g/mol. The molecule has 0 saturated heterocycles. The summed E-state index contributed by atoms with van der Waals surface area (Å²) < 4.78 is 17.4. The number of benzene rings is 1. The lowest BCUT2D eigenvalue weighted by Gasteiger charge is -2.05. The number of nitrogen functional groups attached to an aromatic ring is 1. The van der Waals surface area contributed by atoms with E-state index in [1.54, 1.807) is 0 Å². The Bertz CT molecular complexity index is 437. The second kappa shape index (κ2) is 5.69. The summed E-state index contributed by atoms with van der Waals surface area (Å²) in [5.41, 5.74) is 10.1. The monoisotopic (exact) mass is 241 g/mol. The minimum Gasteiger partial charge on any atom is -0.448 e. The number of ether oxygens (including phenoxy) is 1. The number of amides is 2. The minimum atomic E-state index is -0.919. The van der Waals surface area contributed by atoms with E-state index in [-0.39, 0.29) is 24.4 Å². The summed E-state index contributed by atoms with van der Waals surface area (Å²) in [7, 11) is 0. The van der Waals surface area contributed by atoms with Gasteiger partial charge in [-0.25, -0.2) is 9.18 Å². The van der Waals surface area contributed by atoms with Gasteiger partial charge in [-0.2, -0.15) is 0 Å². The maximum Gasteiger partial charge on any atom is 0.404 e. The van der Waals surface area contributed by atoms with Gasteiger partial charge >= 0.3 is 6.09 Å². The number of anilines is 1. The van der Waals surface area contributed by atoms with Crippen molar-refractivity contribution in [3.63, 3.8) is 0 Å². The zero-order chi connectivity index (χ0) is 12.8. The molecular formula is C10H12FN3O3. The van der Waals surface area contributed by atoms with Crippen LogP contribution in [0.4, 0.5) is 14.9 Å². The van der Waals surface area contributed by atoms with Crippen molar-refractivity contribution in [1.29, 1.82) is 0 Å². The third-order valence-corrected chi connectivity index (χ3v) is 1.89. The van der Waals surface area contributed by atoms with Crippen molar-refractivity contribution >= 4 is 17.7 Å². The van der Waals surface area contributed by atoms with Crippen molar-refractivity contribution in [3.05, 3.63) is 29.6 Å².